The zero-order valence-corrected chi connectivity index (χ0v) is 18.1. The second-order valence-corrected chi connectivity index (χ2v) is 8.65. The van der Waals surface area contributed by atoms with Crippen molar-refractivity contribution in [2.24, 2.45) is 0 Å². The highest BCUT2D eigenvalue weighted by atomic mass is 16.6. The fourth-order valence-corrected chi connectivity index (χ4v) is 4.66. The van der Waals surface area contributed by atoms with E-state index in [2.05, 4.69) is 12.1 Å². The predicted molar refractivity (Wildman–Crippen MR) is 124 cm³/mol. The van der Waals surface area contributed by atoms with Crippen LogP contribution >= 0.6 is 0 Å². The summed E-state index contributed by atoms with van der Waals surface area (Å²) in [6.45, 7) is 0. The van der Waals surface area contributed by atoms with E-state index in [4.69, 9.17) is 4.74 Å². The number of hydrogen-bond acceptors (Lipinski definition) is 4. The number of aliphatic hydroxyl groups excluding tert-OH is 1. The van der Waals surface area contributed by atoms with Gasteiger partial charge in [0.25, 0.3) is 0 Å². The van der Waals surface area contributed by atoms with E-state index in [1.165, 1.54) is 0 Å². The molecule has 0 aliphatic heterocycles. The molecule has 0 bridgehead atoms. The van der Waals surface area contributed by atoms with Gasteiger partial charge in [-0.05, 0) is 36.0 Å². The van der Waals surface area contributed by atoms with Crippen LogP contribution in [0.5, 0.6) is 0 Å². The topological polar surface area (TPSA) is 66.8 Å². The molecule has 1 aliphatic rings. The van der Waals surface area contributed by atoms with Crippen molar-refractivity contribution in [2.75, 3.05) is 0 Å². The fraction of sp³-hybridized carbons (Fsp3) is 0.321. The first-order valence-corrected chi connectivity index (χ1v) is 11.3. The fourth-order valence-electron chi connectivity index (χ4n) is 4.66. The Morgan fingerprint density at radius 2 is 1.44 bits per heavy atom. The molecule has 2 N–H and O–H groups in total. The number of esters is 1. The molecule has 166 valence electrons. The van der Waals surface area contributed by atoms with Gasteiger partial charge in [-0.1, -0.05) is 97.4 Å². The van der Waals surface area contributed by atoms with Gasteiger partial charge in [0, 0.05) is 12.3 Å². The molecule has 0 saturated heterocycles. The van der Waals surface area contributed by atoms with Gasteiger partial charge in [0.1, 0.15) is 12.2 Å². The van der Waals surface area contributed by atoms with E-state index in [0.29, 0.717) is 5.56 Å². The maximum Gasteiger partial charge on any atom is 0.341 e. The van der Waals surface area contributed by atoms with Gasteiger partial charge in [-0.15, -0.1) is 0 Å². The van der Waals surface area contributed by atoms with Crippen LogP contribution in [-0.4, -0.2) is 27.9 Å². The molecule has 1 fully saturated rings. The Balaban J connectivity index is 1.62. The molecule has 0 heterocycles. The van der Waals surface area contributed by atoms with Gasteiger partial charge >= 0.3 is 5.97 Å². The SMILES string of the molecule is O=C(O[C@@H]1CCCC[C@H]1c1ccccc1)[C@@](O)(Cc1ccccc1)[C@@H](O)c1ccccc1. The number of hydrogen-bond donors (Lipinski definition) is 2. The number of carbonyl (C=O) groups is 1. The molecule has 4 rings (SSSR count). The lowest BCUT2D eigenvalue weighted by molar-refractivity contribution is -0.187. The summed E-state index contributed by atoms with van der Waals surface area (Å²) in [5, 5.41) is 22.8. The van der Waals surface area contributed by atoms with E-state index in [-0.39, 0.29) is 18.4 Å². The molecule has 3 aromatic rings. The molecule has 4 atom stereocenters. The van der Waals surface area contributed by atoms with Gasteiger partial charge in [0.2, 0.25) is 0 Å². The van der Waals surface area contributed by atoms with Crippen molar-refractivity contribution in [3.8, 4) is 0 Å². The minimum atomic E-state index is -2.10. The quantitative estimate of drug-likeness (QED) is 0.520. The van der Waals surface area contributed by atoms with Crippen molar-refractivity contribution in [1.29, 1.82) is 0 Å². The molecule has 0 spiro atoms. The van der Waals surface area contributed by atoms with Gasteiger partial charge in [0.05, 0.1) is 0 Å². The monoisotopic (exact) mass is 430 g/mol. The highest BCUT2D eigenvalue weighted by molar-refractivity contribution is 5.81. The molecule has 0 amide bonds. The first-order valence-electron chi connectivity index (χ1n) is 11.3. The summed E-state index contributed by atoms with van der Waals surface area (Å²) >= 11 is 0. The van der Waals surface area contributed by atoms with Gasteiger partial charge in [-0.2, -0.15) is 0 Å². The van der Waals surface area contributed by atoms with E-state index in [1.54, 1.807) is 24.3 Å². The Labute approximate surface area is 189 Å². The molecular weight excluding hydrogens is 400 g/mol. The minimum absolute atomic E-state index is 0.0363. The molecular formula is C28H30O4. The Hall–Kier alpha value is -2.95. The van der Waals surface area contributed by atoms with Crippen LogP contribution in [0, 0.1) is 0 Å². The van der Waals surface area contributed by atoms with Crippen LogP contribution in [0.15, 0.2) is 91.0 Å². The zero-order chi connectivity index (χ0) is 22.4. The highest BCUT2D eigenvalue weighted by Crippen LogP contribution is 2.37. The second-order valence-electron chi connectivity index (χ2n) is 8.65. The second kappa shape index (κ2) is 10.1. The van der Waals surface area contributed by atoms with E-state index < -0.39 is 17.7 Å². The summed E-state index contributed by atoms with van der Waals surface area (Å²) in [6.07, 6.45) is 1.95. The van der Waals surface area contributed by atoms with Gasteiger partial charge in [0.15, 0.2) is 5.60 Å². The number of aliphatic hydroxyl groups is 2. The third-order valence-electron chi connectivity index (χ3n) is 6.43. The van der Waals surface area contributed by atoms with Crippen LogP contribution < -0.4 is 0 Å². The minimum Gasteiger partial charge on any atom is -0.460 e. The summed E-state index contributed by atoms with van der Waals surface area (Å²) in [5.41, 5.74) is 0.276. The summed E-state index contributed by atoms with van der Waals surface area (Å²) in [4.78, 5) is 13.5. The lowest BCUT2D eigenvalue weighted by atomic mass is 9.81. The maximum absolute atomic E-state index is 13.5. The van der Waals surface area contributed by atoms with Gasteiger partial charge in [-0.25, -0.2) is 4.79 Å². The standard InChI is InChI=1S/C28H30O4/c29-26(23-16-8-3-9-17-23)28(31,20-21-12-4-1-5-13-21)27(30)32-25-19-11-10-18-24(25)22-14-6-2-7-15-22/h1-9,12-17,24-26,29,31H,10-11,18-20H2/t24-,25+,26-,28+/m0/s1. The van der Waals surface area contributed by atoms with Crippen molar-refractivity contribution in [2.45, 2.75) is 55.8 Å². The Morgan fingerprint density at radius 3 is 2.09 bits per heavy atom. The first kappa shape index (κ1) is 22.3. The summed E-state index contributed by atoms with van der Waals surface area (Å²) in [5.74, 6) is -0.686. The van der Waals surface area contributed by atoms with Crippen LogP contribution in [0.3, 0.4) is 0 Å². The number of carbonyl (C=O) groups excluding carboxylic acids is 1. The Morgan fingerprint density at radius 1 is 0.875 bits per heavy atom. The molecule has 0 radical (unpaired) electrons. The molecule has 1 aliphatic carbocycles. The van der Waals surface area contributed by atoms with E-state index >= 15 is 0 Å². The zero-order valence-electron chi connectivity index (χ0n) is 18.1. The normalized spacial score (nSPS) is 21.3. The summed E-state index contributed by atoms with van der Waals surface area (Å²) in [7, 11) is 0. The first-order chi connectivity index (χ1) is 15.6. The Kier molecular flexibility index (Phi) is 7.03. The largest absolute Gasteiger partial charge is 0.460 e. The van der Waals surface area contributed by atoms with Gasteiger partial charge < -0.3 is 14.9 Å². The summed E-state index contributed by atoms with van der Waals surface area (Å²) < 4.78 is 5.99. The predicted octanol–water partition coefficient (Wildman–Crippen LogP) is 4.96. The smallest absolute Gasteiger partial charge is 0.341 e. The lowest BCUT2D eigenvalue weighted by Gasteiger charge is -2.36. The molecule has 0 aromatic heterocycles. The van der Waals surface area contributed by atoms with Crippen molar-refractivity contribution in [3.63, 3.8) is 0 Å². The molecule has 3 aromatic carbocycles. The average molecular weight is 431 g/mol. The van der Waals surface area contributed by atoms with Crippen LogP contribution in [-0.2, 0) is 16.0 Å². The summed E-state index contributed by atoms with van der Waals surface area (Å²) in [6, 6.07) is 28.1. The maximum atomic E-state index is 13.5. The van der Waals surface area contributed by atoms with E-state index in [9.17, 15) is 15.0 Å². The van der Waals surface area contributed by atoms with Crippen molar-refractivity contribution < 1.29 is 19.7 Å². The Bertz CT molecular complexity index is 990. The third-order valence-corrected chi connectivity index (χ3v) is 6.43. The van der Waals surface area contributed by atoms with Crippen LogP contribution in [0.4, 0.5) is 0 Å². The van der Waals surface area contributed by atoms with Crippen molar-refractivity contribution in [3.05, 3.63) is 108 Å². The van der Waals surface area contributed by atoms with E-state index in [0.717, 1.165) is 36.8 Å². The number of rotatable bonds is 7. The lowest BCUT2D eigenvalue weighted by Crippen LogP contribution is -2.49. The van der Waals surface area contributed by atoms with E-state index in [1.807, 2.05) is 54.6 Å². The van der Waals surface area contributed by atoms with Crippen LogP contribution in [0.1, 0.15) is 54.4 Å². The van der Waals surface area contributed by atoms with Crippen molar-refractivity contribution >= 4 is 5.97 Å². The molecule has 1 saturated carbocycles. The van der Waals surface area contributed by atoms with Crippen LogP contribution in [0.2, 0.25) is 0 Å². The van der Waals surface area contributed by atoms with Crippen molar-refractivity contribution in [1.82, 2.24) is 0 Å². The number of ether oxygens (including phenoxy) is 1. The number of benzene rings is 3. The van der Waals surface area contributed by atoms with Crippen LogP contribution in [0.25, 0.3) is 0 Å². The highest BCUT2D eigenvalue weighted by Gasteiger charge is 2.47. The average Bonchev–Trinajstić information content (AvgIpc) is 2.85. The third kappa shape index (κ3) is 4.93. The molecule has 0 unspecified atom stereocenters. The molecule has 32 heavy (non-hydrogen) atoms. The molecule has 4 nitrogen and oxygen atoms in total. The molecule has 4 heteroatoms. The van der Waals surface area contributed by atoms with Gasteiger partial charge in [-0.3, -0.25) is 0 Å².